The Morgan fingerprint density at radius 3 is 3.06 bits per heavy atom. The summed E-state index contributed by atoms with van der Waals surface area (Å²) in [6.07, 6.45) is 3.51. The highest BCUT2D eigenvalue weighted by atomic mass is 14.9. The van der Waals surface area contributed by atoms with E-state index in [1.807, 2.05) is 24.4 Å². The molecule has 0 aliphatic carbocycles. The predicted molar refractivity (Wildman–Crippen MR) is 69.2 cm³/mol. The number of rotatable bonds is 2. The molecule has 0 aromatic carbocycles. The number of fused-ring (bicyclic) bond motifs is 1. The molecule has 0 amide bonds. The summed E-state index contributed by atoms with van der Waals surface area (Å²) >= 11 is 0. The fraction of sp³-hybridized carbons (Fsp3) is 0.357. The van der Waals surface area contributed by atoms with Crippen molar-refractivity contribution in [1.82, 2.24) is 20.3 Å². The third-order valence-electron chi connectivity index (χ3n) is 3.25. The van der Waals surface area contributed by atoms with Crippen LogP contribution in [0.1, 0.15) is 28.5 Å². The van der Waals surface area contributed by atoms with Crippen LogP contribution in [-0.2, 0) is 19.4 Å². The summed E-state index contributed by atoms with van der Waals surface area (Å²) < 4.78 is 0. The van der Waals surface area contributed by atoms with Gasteiger partial charge in [-0.3, -0.25) is 4.98 Å². The zero-order valence-electron chi connectivity index (χ0n) is 10.5. The molecule has 3 heterocycles. The maximum absolute atomic E-state index is 4.68. The summed E-state index contributed by atoms with van der Waals surface area (Å²) in [5.41, 5.74) is 4.59. The van der Waals surface area contributed by atoms with Crippen LogP contribution in [0.4, 0.5) is 0 Å². The molecule has 2 aromatic heterocycles. The van der Waals surface area contributed by atoms with Gasteiger partial charge in [-0.05, 0) is 19.1 Å². The lowest BCUT2D eigenvalue weighted by atomic mass is 10.1. The monoisotopic (exact) mass is 240 g/mol. The molecule has 0 saturated heterocycles. The van der Waals surface area contributed by atoms with Gasteiger partial charge in [-0.15, -0.1) is 0 Å². The molecular formula is C14H16N4. The number of hydrogen-bond acceptors (Lipinski definition) is 4. The molecule has 0 atom stereocenters. The van der Waals surface area contributed by atoms with Crippen LogP contribution >= 0.6 is 0 Å². The Morgan fingerprint density at radius 2 is 2.22 bits per heavy atom. The minimum absolute atomic E-state index is 0.711. The summed E-state index contributed by atoms with van der Waals surface area (Å²) in [6.45, 7) is 3.97. The molecule has 1 aliphatic heterocycles. The number of aryl methyl sites for hydroxylation is 1. The Hall–Kier alpha value is -1.81. The lowest BCUT2D eigenvalue weighted by Crippen LogP contribution is -2.26. The molecule has 4 heteroatoms. The van der Waals surface area contributed by atoms with Crippen molar-refractivity contribution in [3.63, 3.8) is 0 Å². The third kappa shape index (κ3) is 2.24. The summed E-state index contributed by atoms with van der Waals surface area (Å²) in [4.78, 5) is 13.6. The van der Waals surface area contributed by atoms with Gasteiger partial charge in [-0.25, -0.2) is 9.97 Å². The van der Waals surface area contributed by atoms with Crippen molar-refractivity contribution >= 4 is 0 Å². The Bertz CT molecular complexity index is 551. The Balaban J connectivity index is 1.91. The van der Waals surface area contributed by atoms with E-state index >= 15 is 0 Å². The van der Waals surface area contributed by atoms with Gasteiger partial charge >= 0.3 is 0 Å². The van der Waals surface area contributed by atoms with Gasteiger partial charge in [0.15, 0.2) is 0 Å². The molecule has 1 aliphatic rings. The van der Waals surface area contributed by atoms with E-state index < -0.39 is 0 Å². The third-order valence-corrected chi connectivity index (χ3v) is 3.25. The van der Waals surface area contributed by atoms with Crippen LogP contribution in [0.2, 0.25) is 0 Å². The van der Waals surface area contributed by atoms with Crippen LogP contribution in [0.15, 0.2) is 24.4 Å². The standard InChI is InChI=1S/C14H16N4/c1-10-12-9-15-7-5-13(12)18-14(17-10)8-11-4-2-3-6-16-11/h2-4,6,15H,5,7-9H2,1H3. The van der Waals surface area contributed by atoms with Gasteiger partial charge in [0.25, 0.3) is 0 Å². The zero-order chi connectivity index (χ0) is 12.4. The van der Waals surface area contributed by atoms with Gasteiger partial charge in [-0.1, -0.05) is 6.07 Å². The highest BCUT2D eigenvalue weighted by molar-refractivity contribution is 5.28. The molecule has 0 bridgehead atoms. The second-order valence-corrected chi connectivity index (χ2v) is 4.58. The van der Waals surface area contributed by atoms with Crippen molar-refractivity contribution in [2.24, 2.45) is 0 Å². The van der Waals surface area contributed by atoms with Crippen molar-refractivity contribution in [2.45, 2.75) is 26.3 Å². The molecule has 0 saturated carbocycles. The highest BCUT2D eigenvalue weighted by Crippen LogP contribution is 2.15. The average molecular weight is 240 g/mol. The zero-order valence-corrected chi connectivity index (χ0v) is 10.5. The first-order valence-corrected chi connectivity index (χ1v) is 6.29. The van der Waals surface area contributed by atoms with Crippen LogP contribution < -0.4 is 5.32 Å². The van der Waals surface area contributed by atoms with E-state index in [2.05, 4.69) is 27.2 Å². The van der Waals surface area contributed by atoms with Crippen molar-refractivity contribution in [1.29, 1.82) is 0 Å². The number of hydrogen-bond donors (Lipinski definition) is 1. The lowest BCUT2D eigenvalue weighted by molar-refractivity contribution is 0.615. The molecule has 1 N–H and O–H groups in total. The van der Waals surface area contributed by atoms with Gasteiger partial charge < -0.3 is 5.32 Å². The van der Waals surface area contributed by atoms with Gasteiger partial charge in [0, 0.05) is 42.7 Å². The number of aromatic nitrogens is 3. The fourth-order valence-electron chi connectivity index (χ4n) is 2.32. The van der Waals surface area contributed by atoms with Crippen molar-refractivity contribution < 1.29 is 0 Å². The molecule has 18 heavy (non-hydrogen) atoms. The summed E-state index contributed by atoms with van der Waals surface area (Å²) in [5.74, 6) is 0.881. The quantitative estimate of drug-likeness (QED) is 0.862. The summed E-state index contributed by atoms with van der Waals surface area (Å²) in [5, 5.41) is 3.36. The molecule has 0 unspecified atom stereocenters. The molecule has 0 radical (unpaired) electrons. The highest BCUT2D eigenvalue weighted by Gasteiger charge is 2.15. The molecule has 3 rings (SSSR count). The molecule has 4 nitrogen and oxygen atoms in total. The van der Waals surface area contributed by atoms with E-state index in [0.29, 0.717) is 6.42 Å². The second kappa shape index (κ2) is 4.82. The summed E-state index contributed by atoms with van der Waals surface area (Å²) in [7, 11) is 0. The van der Waals surface area contributed by atoms with E-state index in [0.717, 1.165) is 36.7 Å². The number of nitrogens with one attached hydrogen (secondary N) is 1. The SMILES string of the molecule is Cc1nc(Cc2ccccn2)nc2c1CNCC2. The largest absolute Gasteiger partial charge is 0.312 e. The van der Waals surface area contributed by atoms with Crippen molar-refractivity contribution in [3.8, 4) is 0 Å². The van der Waals surface area contributed by atoms with Crippen molar-refractivity contribution in [3.05, 3.63) is 52.9 Å². The molecule has 0 spiro atoms. The average Bonchev–Trinajstić information content (AvgIpc) is 2.40. The Labute approximate surface area is 107 Å². The van der Waals surface area contributed by atoms with E-state index in [-0.39, 0.29) is 0 Å². The first-order chi connectivity index (χ1) is 8.83. The van der Waals surface area contributed by atoms with E-state index in [1.54, 1.807) is 0 Å². The van der Waals surface area contributed by atoms with E-state index in [9.17, 15) is 0 Å². The minimum atomic E-state index is 0.711. The predicted octanol–water partition coefficient (Wildman–Crippen LogP) is 1.42. The van der Waals surface area contributed by atoms with Crippen LogP contribution in [-0.4, -0.2) is 21.5 Å². The van der Waals surface area contributed by atoms with Gasteiger partial charge in [-0.2, -0.15) is 0 Å². The van der Waals surface area contributed by atoms with Gasteiger partial charge in [0.05, 0.1) is 12.1 Å². The first-order valence-electron chi connectivity index (χ1n) is 6.29. The second-order valence-electron chi connectivity index (χ2n) is 4.58. The van der Waals surface area contributed by atoms with Crippen LogP contribution in [0.5, 0.6) is 0 Å². The first kappa shape index (κ1) is 11.3. The maximum Gasteiger partial charge on any atom is 0.134 e. The topological polar surface area (TPSA) is 50.7 Å². The van der Waals surface area contributed by atoms with Crippen LogP contribution in [0.25, 0.3) is 0 Å². The van der Waals surface area contributed by atoms with Crippen LogP contribution in [0, 0.1) is 6.92 Å². The van der Waals surface area contributed by atoms with Gasteiger partial charge in [0.1, 0.15) is 5.82 Å². The van der Waals surface area contributed by atoms with Crippen LogP contribution in [0.3, 0.4) is 0 Å². The molecule has 92 valence electrons. The van der Waals surface area contributed by atoms with Gasteiger partial charge in [0.2, 0.25) is 0 Å². The Morgan fingerprint density at radius 1 is 1.28 bits per heavy atom. The normalized spacial score (nSPS) is 14.3. The Kier molecular flexibility index (Phi) is 3.02. The molecular weight excluding hydrogens is 224 g/mol. The summed E-state index contributed by atoms with van der Waals surface area (Å²) in [6, 6.07) is 5.94. The van der Waals surface area contributed by atoms with E-state index in [4.69, 9.17) is 0 Å². The molecule has 2 aromatic rings. The van der Waals surface area contributed by atoms with E-state index in [1.165, 1.54) is 11.3 Å². The maximum atomic E-state index is 4.68. The minimum Gasteiger partial charge on any atom is -0.312 e. The smallest absolute Gasteiger partial charge is 0.134 e. The van der Waals surface area contributed by atoms with Crippen molar-refractivity contribution in [2.75, 3.05) is 6.54 Å². The molecule has 0 fully saturated rings. The number of pyridine rings is 1. The number of nitrogens with zero attached hydrogens (tertiary/aromatic N) is 3. The fourth-order valence-corrected chi connectivity index (χ4v) is 2.32. The lowest BCUT2D eigenvalue weighted by Gasteiger charge is -2.18.